The molecule has 1 aromatic carbocycles. The molecular formula is C12H15N3O. The molecule has 1 heterocycles. The van der Waals surface area contributed by atoms with Crippen molar-refractivity contribution in [3.8, 4) is 16.9 Å². The number of nitrogens with zero attached hydrogens (tertiary/aromatic N) is 1. The van der Waals surface area contributed by atoms with Crippen molar-refractivity contribution in [1.29, 1.82) is 0 Å². The second-order valence-corrected chi connectivity index (χ2v) is 3.54. The minimum atomic E-state index is 0.586. The van der Waals surface area contributed by atoms with Crippen molar-refractivity contribution < 1.29 is 4.74 Å². The highest BCUT2D eigenvalue weighted by molar-refractivity contribution is 5.77. The smallest absolute Gasteiger partial charge is 0.126 e. The summed E-state index contributed by atoms with van der Waals surface area (Å²) in [7, 11) is 1.68. The molecule has 0 saturated carbocycles. The number of rotatable bonds is 3. The molecule has 1 aromatic heterocycles. The van der Waals surface area contributed by atoms with Gasteiger partial charge in [-0.1, -0.05) is 19.1 Å². The van der Waals surface area contributed by atoms with Gasteiger partial charge in [-0.05, 0) is 18.1 Å². The first-order valence-corrected chi connectivity index (χ1v) is 5.23. The first kappa shape index (κ1) is 10.5. The van der Waals surface area contributed by atoms with Gasteiger partial charge in [0.1, 0.15) is 11.6 Å². The van der Waals surface area contributed by atoms with Crippen molar-refractivity contribution in [2.75, 3.05) is 12.8 Å². The van der Waals surface area contributed by atoms with E-state index in [1.165, 1.54) is 0 Å². The molecule has 4 heteroatoms. The van der Waals surface area contributed by atoms with E-state index in [0.29, 0.717) is 5.82 Å². The van der Waals surface area contributed by atoms with Gasteiger partial charge in [0.2, 0.25) is 0 Å². The Balaban J connectivity index is 2.61. The lowest BCUT2D eigenvalue weighted by Crippen LogP contribution is -1.95. The average molecular weight is 217 g/mol. The molecule has 0 unspecified atom stereocenters. The Labute approximate surface area is 94.4 Å². The molecule has 0 aliphatic heterocycles. The van der Waals surface area contributed by atoms with Gasteiger partial charge in [0.15, 0.2) is 0 Å². The van der Waals surface area contributed by atoms with Crippen LogP contribution in [0.5, 0.6) is 5.75 Å². The molecule has 0 aliphatic rings. The minimum Gasteiger partial charge on any atom is -0.496 e. The van der Waals surface area contributed by atoms with Gasteiger partial charge in [-0.3, -0.25) is 5.10 Å². The molecule has 0 atom stereocenters. The zero-order valence-corrected chi connectivity index (χ0v) is 9.45. The first-order valence-electron chi connectivity index (χ1n) is 5.23. The summed E-state index contributed by atoms with van der Waals surface area (Å²) in [6.45, 7) is 2.09. The van der Waals surface area contributed by atoms with Crippen LogP contribution in [0.2, 0.25) is 0 Å². The Morgan fingerprint density at radius 3 is 2.75 bits per heavy atom. The SMILES string of the molecule is CCc1c(OC)cccc1-c1cn[nH]c1N. The Hall–Kier alpha value is -1.97. The molecule has 0 bridgehead atoms. The summed E-state index contributed by atoms with van der Waals surface area (Å²) >= 11 is 0. The van der Waals surface area contributed by atoms with Crippen molar-refractivity contribution >= 4 is 5.82 Å². The molecule has 0 amide bonds. The number of hydrogen-bond donors (Lipinski definition) is 2. The number of nitrogens with one attached hydrogen (secondary N) is 1. The van der Waals surface area contributed by atoms with E-state index in [4.69, 9.17) is 10.5 Å². The summed E-state index contributed by atoms with van der Waals surface area (Å²) < 4.78 is 5.34. The lowest BCUT2D eigenvalue weighted by atomic mass is 9.99. The van der Waals surface area contributed by atoms with Crippen molar-refractivity contribution in [3.05, 3.63) is 30.0 Å². The van der Waals surface area contributed by atoms with Crippen molar-refractivity contribution in [3.63, 3.8) is 0 Å². The number of aromatic amines is 1. The van der Waals surface area contributed by atoms with Crippen LogP contribution in [0.4, 0.5) is 5.82 Å². The van der Waals surface area contributed by atoms with Gasteiger partial charge in [-0.2, -0.15) is 5.10 Å². The Morgan fingerprint density at radius 1 is 1.38 bits per heavy atom. The van der Waals surface area contributed by atoms with Crippen LogP contribution in [-0.4, -0.2) is 17.3 Å². The zero-order chi connectivity index (χ0) is 11.5. The number of nitrogens with two attached hydrogens (primary N) is 1. The number of H-pyrrole nitrogens is 1. The minimum absolute atomic E-state index is 0.586. The van der Waals surface area contributed by atoms with E-state index in [-0.39, 0.29) is 0 Å². The lowest BCUT2D eigenvalue weighted by Gasteiger charge is -2.11. The summed E-state index contributed by atoms with van der Waals surface area (Å²) in [4.78, 5) is 0. The predicted molar refractivity (Wildman–Crippen MR) is 64.4 cm³/mol. The van der Waals surface area contributed by atoms with Crippen molar-refractivity contribution in [2.45, 2.75) is 13.3 Å². The third kappa shape index (κ3) is 1.62. The van der Waals surface area contributed by atoms with Crippen molar-refractivity contribution in [1.82, 2.24) is 10.2 Å². The lowest BCUT2D eigenvalue weighted by molar-refractivity contribution is 0.410. The Bertz CT molecular complexity index is 491. The fourth-order valence-corrected chi connectivity index (χ4v) is 1.88. The van der Waals surface area contributed by atoms with E-state index in [9.17, 15) is 0 Å². The van der Waals surface area contributed by atoms with Crippen LogP contribution in [0.15, 0.2) is 24.4 Å². The van der Waals surface area contributed by atoms with E-state index in [2.05, 4.69) is 17.1 Å². The average Bonchev–Trinajstić information content (AvgIpc) is 2.74. The number of ether oxygens (including phenoxy) is 1. The van der Waals surface area contributed by atoms with Crippen LogP contribution in [0.3, 0.4) is 0 Å². The molecule has 84 valence electrons. The van der Waals surface area contributed by atoms with Crippen LogP contribution >= 0.6 is 0 Å². The molecule has 4 nitrogen and oxygen atoms in total. The fraction of sp³-hybridized carbons (Fsp3) is 0.250. The molecule has 2 aromatic rings. The third-order valence-corrected chi connectivity index (χ3v) is 2.67. The van der Waals surface area contributed by atoms with Gasteiger partial charge in [0, 0.05) is 11.1 Å². The van der Waals surface area contributed by atoms with E-state index in [1.54, 1.807) is 13.3 Å². The van der Waals surface area contributed by atoms with E-state index < -0.39 is 0 Å². The molecule has 0 saturated heterocycles. The van der Waals surface area contributed by atoms with Crippen LogP contribution in [0, 0.1) is 0 Å². The molecule has 0 fully saturated rings. The largest absolute Gasteiger partial charge is 0.496 e. The normalized spacial score (nSPS) is 10.4. The molecular weight excluding hydrogens is 202 g/mol. The summed E-state index contributed by atoms with van der Waals surface area (Å²) in [5.74, 6) is 1.48. The summed E-state index contributed by atoms with van der Waals surface area (Å²) in [6.07, 6.45) is 2.63. The third-order valence-electron chi connectivity index (χ3n) is 2.67. The highest BCUT2D eigenvalue weighted by atomic mass is 16.5. The van der Waals surface area contributed by atoms with Gasteiger partial charge < -0.3 is 10.5 Å². The molecule has 0 spiro atoms. The second-order valence-electron chi connectivity index (χ2n) is 3.54. The zero-order valence-electron chi connectivity index (χ0n) is 9.45. The van der Waals surface area contributed by atoms with Gasteiger partial charge in [0.25, 0.3) is 0 Å². The van der Waals surface area contributed by atoms with Crippen LogP contribution in [0.1, 0.15) is 12.5 Å². The van der Waals surface area contributed by atoms with Gasteiger partial charge in [-0.15, -0.1) is 0 Å². The van der Waals surface area contributed by atoms with E-state index >= 15 is 0 Å². The van der Waals surface area contributed by atoms with E-state index in [0.717, 1.165) is 28.9 Å². The number of methoxy groups -OCH3 is 1. The van der Waals surface area contributed by atoms with Crippen LogP contribution in [0.25, 0.3) is 11.1 Å². The Kier molecular flexibility index (Phi) is 2.81. The maximum atomic E-state index is 5.83. The number of benzene rings is 1. The highest BCUT2D eigenvalue weighted by Gasteiger charge is 2.12. The maximum Gasteiger partial charge on any atom is 0.126 e. The molecule has 3 N–H and O–H groups in total. The summed E-state index contributed by atoms with van der Waals surface area (Å²) in [5, 5.41) is 6.68. The van der Waals surface area contributed by atoms with E-state index in [1.807, 2.05) is 18.2 Å². The maximum absolute atomic E-state index is 5.83. The predicted octanol–water partition coefficient (Wildman–Crippen LogP) is 2.23. The summed E-state index contributed by atoms with van der Waals surface area (Å²) in [5.41, 5.74) is 8.98. The standard InChI is InChI=1S/C12H15N3O/c1-3-8-9(5-4-6-11(8)16-2)10-7-14-15-12(10)13/h4-7H,3H2,1-2H3,(H3,13,14,15). The monoisotopic (exact) mass is 217 g/mol. The molecule has 0 aliphatic carbocycles. The molecule has 2 rings (SSSR count). The number of anilines is 1. The van der Waals surface area contributed by atoms with Crippen molar-refractivity contribution in [2.24, 2.45) is 0 Å². The quantitative estimate of drug-likeness (QED) is 0.828. The first-order chi connectivity index (χ1) is 7.77. The molecule has 0 radical (unpaired) electrons. The van der Waals surface area contributed by atoms with Crippen LogP contribution in [-0.2, 0) is 6.42 Å². The van der Waals surface area contributed by atoms with Gasteiger partial charge in [0.05, 0.1) is 13.3 Å². The number of nitrogen functional groups attached to an aromatic ring is 1. The van der Waals surface area contributed by atoms with Gasteiger partial charge >= 0.3 is 0 Å². The van der Waals surface area contributed by atoms with Crippen LogP contribution < -0.4 is 10.5 Å². The fourth-order valence-electron chi connectivity index (χ4n) is 1.88. The number of hydrogen-bond acceptors (Lipinski definition) is 3. The number of aromatic nitrogens is 2. The Morgan fingerprint density at radius 2 is 2.19 bits per heavy atom. The second kappa shape index (κ2) is 4.26. The topological polar surface area (TPSA) is 63.9 Å². The molecule has 16 heavy (non-hydrogen) atoms. The highest BCUT2D eigenvalue weighted by Crippen LogP contribution is 2.33. The summed E-state index contributed by atoms with van der Waals surface area (Å²) in [6, 6.07) is 5.95. The van der Waals surface area contributed by atoms with Gasteiger partial charge in [-0.25, -0.2) is 0 Å².